The van der Waals surface area contributed by atoms with Crippen molar-refractivity contribution in [2.24, 2.45) is 5.92 Å². The number of likely N-dealkylation sites (tertiary alicyclic amines) is 1. The zero-order valence-electron chi connectivity index (χ0n) is 13.3. The normalized spacial score (nSPS) is 22.1. The minimum Gasteiger partial charge on any atom is -0.508 e. The molecular weight excluding hydrogens is 278 g/mol. The number of quaternary nitrogens is 1. The molecule has 1 fully saturated rings. The molecule has 0 bridgehead atoms. The van der Waals surface area contributed by atoms with E-state index in [1.54, 1.807) is 12.1 Å². The number of phenolic OH excluding ortho intramolecular Hbond substituents is 1. The highest BCUT2D eigenvalue weighted by Crippen LogP contribution is 2.26. The van der Waals surface area contributed by atoms with Gasteiger partial charge in [-0.05, 0) is 30.9 Å². The number of piperidine rings is 1. The molecule has 2 heterocycles. The van der Waals surface area contributed by atoms with E-state index in [4.69, 9.17) is 4.42 Å². The largest absolute Gasteiger partial charge is 0.508 e. The molecule has 1 unspecified atom stereocenters. The number of aromatic hydroxyl groups is 1. The Morgan fingerprint density at radius 3 is 2.86 bits per heavy atom. The van der Waals surface area contributed by atoms with Gasteiger partial charge in [-0.2, -0.15) is 0 Å². The maximum atomic E-state index is 11.8. The molecule has 2 aromatic rings. The van der Waals surface area contributed by atoms with E-state index >= 15 is 0 Å². The SMILES string of the molecule is CCc1cc2c(C[NH+]3CCC[C@H](C)C3)cc(=O)oc2cc1O. The first-order chi connectivity index (χ1) is 10.6. The molecule has 0 saturated carbocycles. The van der Waals surface area contributed by atoms with E-state index in [1.807, 2.05) is 13.0 Å². The Kier molecular flexibility index (Phi) is 4.21. The average molecular weight is 302 g/mol. The van der Waals surface area contributed by atoms with Crippen molar-refractivity contribution in [3.63, 3.8) is 0 Å². The third-order valence-electron chi connectivity index (χ3n) is 4.72. The van der Waals surface area contributed by atoms with Crippen molar-refractivity contribution in [2.75, 3.05) is 13.1 Å². The number of fused-ring (bicyclic) bond motifs is 1. The Morgan fingerprint density at radius 1 is 1.32 bits per heavy atom. The summed E-state index contributed by atoms with van der Waals surface area (Å²) in [5.74, 6) is 0.944. The van der Waals surface area contributed by atoms with Gasteiger partial charge < -0.3 is 14.4 Å². The molecule has 1 aliphatic heterocycles. The third kappa shape index (κ3) is 3.02. The van der Waals surface area contributed by atoms with Gasteiger partial charge in [0.2, 0.25) is 0 Å². The van der Waals surface area contributed by atoms with Gasteiger partial charge in [0.1, 0.15) is 17.9 Å². The topological polar surface area (TPSA) is 54.9 Å². The summed E-state index contributed by atoms with van der Waals surface area (Å²) >= 11 is 0. The second kappa shape index (κ2) is 6.13. The van der Waals surface area contributed by atoms with Gasteiger partial charge in [0.15, 0.2) is 0 Å². The summed E-state index contributed by atoms with van der Waals surface area (Å²) < 4.78 is 5.27. The summed E-state index contributed by atoms with van der Waals surface area (Å²) in [4.78, 5) is 13.3. The number of benzene rings is 1. The monoisotopic (exact) mass is 302 g/mol. The van der Waals surface area contributed by atoms with Crippen LogP contribution in [0.4, 0.5) is 0 Å². The molecule has 0 amide bonds. The highest BCUT2D eigenvalue weighted by Gasteiger charge is 2.21. The lowest BCUT2D eigenvalue weighted by Crippen LogP contribution is -3.12. The van der Waals surface area contributed by atoms with Crippen LogP contribution in [0.25, 0.3) is 11.0 Å². The second-order valence-corrected chi connectivity index (χ2v) is 6.55. The summed E-state index contributed by atoms with van der Waals surface area (Å²) in [7, 11) is 0. The van der Waals surface area contributed by atoms with Crippen molar-refractivity contribution in [2.45, 2.75) is 39.7 Å². The maximum Gasteiger partial charge on any atom is 0.336 e. The van der Waals surface area contributed by atoms with Gasteiger partial charge in [0, 0.05) is 29.0 Å². The minimum absolute atomic E-state index is 0.203. The number of rotatable bonds is 3. The Bertz CT molecular complexity index is 735. The molecule has 3 rings (SSSR count). The van der Waals surface area contributed by atoms with Gasteiger partial charge in [-0.25, -0.2) is 4.79 Å². The zero-order valence-corrected chi connectivity index (χ0v) is 13.3. The standard InChI is InChI=1S/C18H23NO3/c1-3-13-7-15-14(11-19-6-4-5-12(2)10-19)8-18(21)22-17(15)9-16(13)20/h7-9,12,20H,3-6,10-11H2,1-2H3/p+1/t12-/m0/s1. The number of hydrogen-bond acceptors (Lipinski definition) is 3. The lowest BCUT2D eigenvalue weighted by Gasteiger charge is -2.28. The first-order valence-electron chi connectivity index (χ1n) is 8.19. The molecule has 0 aliphatic carbocycles. The van der Waals surface area contributed by atoms with E-state index in [1.165, 1.54) is 17.7 Å². The molecule has 4 nitrogen and oxygen atoms in total. The lowest BCUT2D eigenvalue weighted by molar-refractivity contribution is -0.922. The van der Waals surface area contributed by atoms with E-state index < -0.39 is 0 Å². The van der Waals surface area contributed by atoms with E-state index in [0.717, 1.165) is 48.5 Å². The van der Waals surface area contributed by atoms with Crippen molar-refractivity contribution >= 4 is 11.0 Å². The van der Waals surface area contributed by atoms with Crippen molar-refractivity contribution in [1.29, 1.82) is 0 Å². The van der Waals surface area contributed by atoms with Crippen LogP contribution in [0.2, 0.25) is 0 Å². The molecule has 2 N–H and O–H groups in total. The Morgan fingerprint density at radius 2 is 2.14 bits per heavy atom. The predicted octanol–water partition coefficient (Wildman–Crippen LogP) is 1.88. The third-order valence-corrected chi connectivity index (χ3v) is 4.72. The molecular formula is C18H24NO3+. The van der Waals surface area contributed by atoms with Crippen LogP contribution in [-0.2, 0) is 13.0 Å². The first kappa shape index (κ1) is 15.1. The fraction of sp³-hybridized carbons (Fsp3) is 0.500. The first-order valence-corrected chi connectivity index (χ1v) is 8.19. The van der Waals surface area contributed by atoms with Crippen LogP contribution in [0.1, 0.15) is 37.8 Å². The van der Waals surface area contributed by atoms with Crippen LogP contribution in [0.5, 0.6) is 5.75 Å². The highest BCUT2D eigenvalue weighted by molar-refractivity contribution is 5.82. The lowest BCUT2D eigenvalue weighted by atomic mass is 9.99. The second-order valence-electron chi connectivity index (χ2n) is 6.55. The molecule has 118 valence electrons. The Balaban J connectivity index is 2.02. The fourth-order valence-electron chi connectivity index (χ4n) is 3.56. The predicted molar refractivity (Wildman–Crippen MR) is 86.3 cm³/mol. The highest BCUT2D eigenvalue weighted by atomic mass is 16.4. The van der Waals surface area contributed by atoms with Gasteiger partial charge in [-0.1, -0.05) is 13.8 Å². The summed E-state index contributed by atoms with van der Waals surface area (Å²) in [6, 6.07) is 5.16. The van der Waals surface area contributed by atoms with Gasteiger partial charge >= 0.3 is 5.63 Å². The summed E-state index contributed by atoms with van der Waals surface area (Å²) in [6.07, 6.45) is 3.31. The van der Waals surface area contributed by atoms with Crippen LogP contribution in [-0.4, -0.2) is 18.2 Å². The molecule has 2 atom stereocenters. The zero-order chi connectivity index (χ0) is 15.7. The van der Waals surface area contributed by atoms with Gasteiger partial charge in [-0.15, -0.1) is 0 Å². The summed E-state index contributed by atoms with van der Waals surface area (Å²) in [6.45, 7) is 7.46. The average Bonchev–Trinajstić information content (AvgIpc) is 2.46. The van der Waals surface area contributed by atoms with Gasteiger partial charge in [0.05, 0.1) is 13.1 Å². The van der Waals surface area contributed by atoms with E-state index in [9.17, 15) is 9.90 Å². The molecule has 1 aliphatic rings. The maximum absolute atomic E-state index is 11.8. The summed E-state index contributed by atoms with van der Waals surface area (Å²) in [5.41, 5.74) is 2.08. The summed E-state index contributed by atoms with van der Waals surface area (Å²) in [5, 5.41) is 10.9. The smallest absolute Gasteiger partial charge is 0.336 e. The molecule has 22 heavy (non-hydrogen) atoms. The number of nitrogens with one attached hydrogen (secondary N) is 1. The van der Waals surface area contributed by atoms with Crippen LogP contribution in [0, 0.1) is 5.92 Å². The van der Waals surface area contributed by atoms with E-state index in [2.05, 4.69) is 6.92 Å². The molecule has 4 heteroatoms. The molecule has 1 saturated heterocycles. The molecule has 1 aromatic heterocycles. The molecule has 0 spiro atoms. The van der Waals surface area contributed by atoms with E-state index in [0.29, 0.717) is 5.58 Å². The number of hydrogen-bond donors (Lipinski definition) is 2. The van der Waals surface area contributed by atoms with E-state index in [-0.39, 0.29) is 11.4 Å². The fourth-order valence-corrected chi connectivity index (χ4v) is 3.56. The molecule has 1 aromatic carbocycles. The van der Waals surface area contributed by atoms with Crippen LogP contribution in [0.15, 0.2) is 27.4 Å². The minimum atomic E-state index is -0.337. The quantitative estimate of drug-likeness (QED) is 0.851. The van der Waals surface area contributed by atoms with Crippen LogP contribution in [0.3, 0.4) is 0 Å². The van der Waals surface area contributed by atoms with Crippen LogP contribution < -0.4 is 10.5 Å². The number of phenols is 1. The van der Waals surface area contributed by atoms with Crippen molar-refractivity contribution < 1.29 is 14.4 Å². The molecule has 0 radical (unpaired) electrons. The van der Waals surface area contributed by atoms with Gasteiger partial charge in [-0.3, -0.25) is 0 Å². The Labute approximate surface area is 130 Å². The van der Waals surface area contributed by atoms with Crippen molar-refractivity contribution in [1.82, 2.24) is 0 Å². The number of aryl methyl sites for hydroxylation is 1. The Hall–Kier alpha value is -1.81. The van der Waals surface area contributed by atoms with Crippen molar-refractivity contribution in [3.05, 3.63) is 39.7 Å². The van der Waals surface area contributed by atoms with Gasteiger partial charge in [0.25, 0.3) is 0 Å². The van der Waals surface area contributed by atoms with Crippen LogP contribution >= 0.6 is 0 Å². The van der Waals surface area contributed by atoms with Crippen molar-refractivity contribution in [3.8, 4) is 5.75 Å².